The van der Waals surface area contributed by atoms with Gasteiger partial charge in [-0.25, -0.2) is 0 Å². The lowest BCUT2D eigenvalue weighted by Crippen LogP contribution is -2.53. The Morgan fingerprint density at radius 3 is 2.61 bits per heavy atom. The predicted octanol–water partition coefficient (Wildman–Crippen LogP) is 0.996. The summed E-state index contributed by atoms with van der Waals surface area (Å²) < 4.78 is 0. The number of aliphatic hydroxyl groups is 1. The first kappa shape index (κ1) is 15.4. The Labute approximate surface area is 133 Å². The average Bonchev–Trinajstić information content (AvgIpc) is 2.55. The van der Waals surface area contributed by atoms with Crippen LogP contribution in [0.2, 0.25) is 0 Å². The predicted molar refractivity (Wildman–Crippen MR) is 85.8 cm³/mol. The number of rotatable bonds is 2. The standard InChI is InChI=1S/C17H19N3O3/c1-11-4-7-19-14-3-2-12(10-13(11)14)15(21)20-8-5-17(23,6-9-20)16(18)22/h2-4,7,10,23H,5-6,8-9H2,1H3,(H2,18,22). The lowest BCUT2D eigenvalue weighted by atomic mass is 9.90. The van der Waals surface area contributed by atoms with E-state index in [0.717, 1.165) is 16.5 Å². The minimum absolute atomic E-state index is 0.110. The van der Waals surface area contributed by atoms with Crippen LogP contribution in [0.5, 0.6) is 0 Å². The molecular formula is C17H19N3O3. The van der Waals surface area contributed by atoms with Crippen LogP contribution in [-0.2, 0) is 4.79 Å². The topological polar surface area (TPSA) is 96.5 Å². The van der Waals surface area contributed by atoms with Gasteiger partial charge in [0.1, 0.15) is 5.60 Å². The normalized spacial score (nSPS) is 17.2. The molecule has 1 aromatic carbocycles. The fraction of sp³-hybridized carbons (Fsp3) is 0.353. The van der Waals surface area contributed by atoms with Crippen molar-refractivity contribution in [1.82, 2.24) is 9.88 Å². The molecule has 6 heteroatoms. The van der Waals surface area contributed by atoms with Gasteiger partial charge in [0.05, 0.1) is 5.52 Å². The molecule has 3 N–H and O–H groups in total. The maximum Gasteiger partial charge on any atom is 0.253 e. The van der Waals surface area contributed by atoms with Crippen molar-refractivity contribution in [3.8, 4) is 0 Å². The number of nitrogens with zero attached hydrogens (tertiary/aromatic N) is 2. The Kier molecular flexibility index (Phi) is 3.77. The molecule has 6 nitrogen and oxygen atoms in total. The number of likely N-dealkylation sites (tertiary alicyclic amines) is 1. The minimum atomic E-state index is -1.50. The van der Waals surface area contributed by atoms with Crippen molar-refractivity contribution in [2.45, 2.75) is 25.4 Å². The van der Waals surface area contributed by atoms with E-state index in [0.29, 0.717) is 18.7 Å². The van der Waals surface area contributed by atoms with E-state index >= 15 is 0 Å². The highest BCUT2D eigenvalue weighted by Gasteiger charge is 2.38. The molecule has 2 heterocycles. The molecule has 23 heavy (non-hydrogen) atoms. The maximum absolute atomic E-state index is 12.6. The fourth-order valence-corrected chi connectivity index (χ4v) is 2.93. The van der Waals surface area contributed by atoms with Gasteiger partial charge < -0.3 is 15.7 Å². The van der Waals surface area contributed by atoms with E-state index in [2.05, 4.69) is 4.98 Å². The summed E-state index contributed by atoms with van der Waals surface area (Å²) in [6, 6.07) is 7.34. The Morgan fingerprint density at radius 1 is 1.26 bits per heavy atom. The third kappa shape index (κ3) is 2.77. The molecule has 1 fully saturated rings. The van der Waals surface area contributed by atoms with Gasteiger partial charge in [0, 0.05) is 43.1 Å². The number of piperidine rings is 1. The third-order valence-corrected chi connectivity index (χ3v) is 4.54. The van der Waals surface area contributed by atoms with Gasteiger partial charge >= 0.3 is 0 Å². The average molecular weight is 313 g/mol. The Morgan fingerprint density at radius 2 is 1.96 bits per heavy atom. The van der Waals surface area contributed by atoms with Crippen LogP contribution in [0.25, 0.3) is 10.9 Å². The van der Waals surface area contributed by atoms with Gasteiger partial charge in [-0.3, -0.25) is 14.6 Å². The van der Waals surface area contributed by atoms with E-state index in [-0.39, 0.29) is 18.7 Å². The monoisotopic (exact) mass is 313 g/mol. The molecule has 0 unspecified atom stereocenters. The summed E-state index contributed by atoms with van der Waals surface area (Å²) in [6.07, 6.45) is 2.08. The molecule has 1 aromatic heterocycles. The van der Waals surface area contributed by atoms with Crippen LogP contribution in [0.1, 0.15) is 28.8 Å². The number of carbonyl (C=O) groups is 2. The molecule has 1 saturated heterocycles. The van der Waals surface area contributed by atoms with Gasteiger partial charge in [0.15, 0.2) is 0 Å². The van der Waals surface area contributed by atoms with E-state index in [1.54, 1.807) is 17.2 Å². The van der Waals surface area contributed by atoms with Crippen LogP contribution in [0.15, 0.2) is 30.5 Å². The summed E-state index contributed by atoms with van der Waals surface area (Å²) in [6.45, 7) is 2.59. The van der Waals surface area contributed by atoms with Crippen LogP contribution in [0.4, 0.5) is 0 Å². The van der Waals surface area contributed by atoms with Crippen LogP contribution in [0.3, 0.4) is 0 Å². The number of primary amides is 1. The molecule has 1 aliphatic heterocycles. The number of pyridine rings is 1. The highest BCUT2D eigenvalue weighted by Crippen LogP contribution is 2.24. The minimum Gasteiger partial charge on any atom is -0.380 e. The van der Waals surface area contributed by atoms with Crippen LogP contribution in [-0.4, -0.2) is 45.5 Å². The zero-order valence-corrected chi connectivity index (χ0v) is 13.0. The van der Waals surface area contributed by atoms with Crippen molar-refractivity contribution in [1.29, 1.82) is 0 Å². The van der Waals surface area contributed by atoms with Gasteiger partial charge in [-0.15, -0.1) is 0 Å². The molecule has 2 amide bonds. The van der Waals surface area contributed by atoms with Crippen molar-refractivity contribution >= 4 is 22.7 Å². The van der Waals surface area contributed by atoms with Gasteiger partial charge in [0.2, 0.25) is 5.91 Å². The maximum atomic E-state index is 12.6. The number of aromatic nitrogens is 1. The number of amides is 2. The second-order valence-corrected chi connectivity index (χ2v) is 6.05. The van der Waals surface area contributed by atoms with Crippen molar-refractivity contribution < 1.29 is 14.7 Å². The van der Waals surface area contributed by atoms with Gasteiger partial charge in [-0.1, -0.05) is 0 Å². The number of aryl methyl sites for hydroxylation is 1. The number of hydrogen-bond acceptors (Lipinski definition) is 4. The zero-order valence-electron chi connectivity index (χ0n) is 13.0. The quantitative estimate of drug-likeness (QED) is 0.864. The Bertz CT molecular complexity index is 780. The summed E-state index contributed by atoms with van der Waals surface area (Å²) >= 11 is 0. The summed E-state index contributed by atoms with van der Waals surface area (Å²) in [5, 5.41) is 11.0. The summed E-state index contributed by atoms with van der Waals surface area (Å²) in [5.41, 5.74) is 6.21. The molecule has 0 aliphatic carbocycles. The number of benzene rings is 1. The largest absolute Gasteiger partial charge is 0.380 e. The molecule has 120 valence electrons. The van der Waals surface area contributed by atoms with Crippen molar-refractivity contribution in [3.05, 3.63) is 41.6 Å². The molecule has 0 bridgehead atoms. The van der Waals surface area contributed by atoms with E-state index in [9.17, 15) is 14.7 Å². The first-order chi connectivity index (χ1) is 10.9. The molecule has 0 radical (unpaired) electrons. The highest BCUT2D eigenvalue weighted by molar-refractivity contribution is 5.98. The second kappa shape index (κ2) is 5.62. The van der Waals surface area contributed by atoms with E-state index < -0.39 is 11.5 Å². The van der Waals surface area contributed by atoms with Crippen LogP contribution < -0.4 is 5.73 Å². The fourth-order valence-electron chi connectivity index (χ4n) is 2.93. The summed E-state index contributed by atoms with van der Waals surface area (Å²) in [7, 11) is 0. The second-order valence-electron chi connectivity index (χ2n) is 6.05. The SMILES string of the molecule is Cc1ccnc2ccc(C(=O)N3CCC(O)(C(N)=O)CC3)cc12. The molecule has 2 aromatic rings. The van der Waals surface area contributed by atoms with Crippen LogP contribution >= 0.6 is 0 Å². The van der Waals surface area contributed by atoms with E-state index in [1.807, 2.05) is 25.1 Å². The zero-order chi connectivity index (χ0) is 16.6. The van der Waals surface area contributed by atoms with E-state index in [4.69, 9.17) is 5.73 Å². The first-order valence-electron chi connectivity index (χ1n) is 7.58. The third-order valence-electron chi connectivity index (χ3n) is 4.54. The molecular weight excluding hydrogens is 294 g/mol. The number of fused-ring (bicyclic) bond motifs is 1. The number of nitrogens with two attached hydrogens (primary N) is 1. The Balaban J connectivity index is 1.82. The molecule has 0 atom stereocenters. The molecule has 0 spiro atoms. The van der Waals surface area contributed by atoms with Gasteiger partial charge in [0.25, 0.3) is 5.91 Å². The smallest absolute Gasteiger partial charge is 0.253 e. The number of hydrogen-bond donors (Lipinski definition) is 2. The van der Waals surface area contributed by atoms with E-state index in [1.165, 1.54) is 0 Å². The summed E-state index contributed by atoms with van der Waals surface area (Å²) in [5.74, 6) is -0.835. The summed E-state index contributed by atoms with van der Waals surface area (Å²) in [4.78, 5) is 29.8. The van der Waals surface area contributed by atoms with Gasteiger partial charge in [-0.2, -0.15) is 0 Å². The van der Waals surface area contributed by atoms with Crippen LogP contribution in [0, 0.1) is 6.92 Å². The molecule has 1 aliphatic rings. The van der Waals surface area contributed by atoms with Gasteiger partial charge in [-0.05, 0) is 36.8 Å². The first-order valence-corrected chi connectivity index (χ1v) is 7.58. The molecule has 3 rings (SSSR count). The highest BCUT2D eigenvalue weighted by atomic mass is 16.3. The molecule has 0 saturated carbocycles. The van der Waals surface area contributed by atoms with Crippen molar-refractivity contribution in [2.75, 3.05) is 13.1 Å². The lowest BCUT2D eigenvalue weighted by Gasteiger charge is -2.36. The lowest BCUT2D eigenvalue weighted by molar-refractivity contribution is -0.140. The van der Waals surface area contributed by atoms with Crippen molar-refractivity contribution in [2.24, 2.45) is 5.73 Å². The number of carbonyl (C=O) groups excluding carboxylic acids is 2. The Hall–Kier alpha value is -2.47. The van der Waals surface area contributed by atoms with Crippen molar-refractivity contribution in [3.63, 3.8) is 0 Å².